The largest absolute Gasteiger partial charge is 0.457 e. The number of nitrogens with zero attached hydrogens (tertiary/aromatic N) is 4. The highest BCUT2D eigenvalue weighted by atomic mass is 16.5. The molecule has 0 spiro atoms. The number of rotatable bonds is 4. The van der Waals surface area contributed by atoms with Crippen molar-refractivity contribution < 1.29 is 9.15 Å². The van der Waals surface area contributed by atoms with Crippen molar-refractivity contribution in [1.29, 1.82) is 0 Å². The molecule has 0 bridgehead atoms. The molecule has 0 saturated heterocycles. The molecule has 0 unspecified atom stereocenters. The number of aromatic nitrogens is 4. The zero-order valence-electron chi connectivity index (χ0n) is 25.4. The molecule has 4 aromatic heterocycles. The Kier molecular flexibility index (Phi) is 5.72. The number of pyridine rings is 1. The molecule has 0 saturated carbocycles. The average Bonchev–Trinajstić information content (AvgIpc) is 3.66. The second-order valence-corrected chi connectivity index (χ2v) is 12.5. The van der Waals surface area contributed by atoms with Crippen LogP contribution in [0, 0.1) is 13.8 Å². The number of furan rings is 1. The van der Waals surface area contributed by atoms with Gasteiger partial charge in [0.1, 0.15) is 28.6 Å². The maximum Gasteiger partial charge on any atom is 0.161 e. The van der Waals surface area contributed by atoms with Crippen molar-refractivity contribution in [3.8, 4) is 23.0 Å². The van der Waals surface area contributed by atoms with Gasteiger partial charge in [-0.05, 0) is 73.4 Å². The van der Waals surface area contributed by atoms with E-state index in [1.807, 2.05) is 48.1 Å². The highest BCUT2D eigenvalue weighted by Crippen LogP contribution is 2.39. The smallest absolute Gasteiger partial charge is 0.161 e. The second kappa shape index (κ2) is 9.58. The molecule has 0 aliphatic heterocycles. The molecule has 0 aliphatic carbocycles. The molecule has 0 fully saturated rings. The van der Waals surface area contributed by atoms with Gasteiger partial charge in [0.2, 0.25) is 0 Å². The molecule has 8 aromatic rings. The van der Waals surface area contributed by atoms with Crippen LogP contribution in [-0.4, -0.2) is 19.3 Å². The molecular formula is C38H32N4O2. The summed E-state index contributed by atoms with van der Waals surface area (Å²) in [5, 5.41) is 9.12. The van der Waals surface area contributed by atoms with E-state index in [-0.39, 0.29) is 5.41 Å². The van der Waals surface area contributed by atoms with Crippen LogP contribution in [-0.2, 0) is 5.41 Å². The first-order chi connectivity index (χ1) is 21.2. The summed E-state index contributed by atoms with van der Waals surface area (Å²) in [6.45, 7) is 10.7. The maximum atomic E-state index is 6.67. The zero-order valence-corrected chi connectivity index (χ0v) is 25.4. The Morgan fingerprint density at radius 1 is 0.705 bits per heavy atom. The van der Waals surface area contributed by atoms with E-state index >= 15 is 0 Å². The van der Waals surface area contributed by atoms with Crippen LogP contribution < -0.4 is 4.74 Å². The summed E-state index contributed by atoms with van der Waals surface area (Å²) in [4.78, 5) is 4.82. The number of fused-ring (bicyclic) bond motifs is 6. The van der Waals surface area contributed by atoms with E-state index < -0.39 is 0 Å². The quantitative estimate of drug-likeness (QED) is 0.209. The van der Waals surface area contributed by atoms with Crippen LogP contribution in [0.25, 0.3) is 55.2 Å². The third kappa shape index (κ3) is 4.17. The minimum absolute atomic E-state index is 0.00377. The van der Waals surface area contributed by atoms with Crippen LogP contribution in [0.4, 0.5) is 0 Å². The summed E-state index contributed by atoms with van der Waals surface area (Å²) in [5.74, 6) is 2.33. The van der Waals surface area contributed by atoms with Gasteiger partial charge in [0, 0.05) is 45.6 Å². The van der Waals surface area contributed by atoms with Gasteiger partial charge in [-0.15, -0.1) is 0 Å². The highest BCUT2D eigenvalue weighted by Gasteiger charge is 2.20. The molecule has 8 rings (SSSR count). The number of benzene rings is 4. The molecule has 4 heterocycles. The van der Waals surface area contributed by atoms with Gasteiger partial charge < -0.3 is 9.15 Å². The molecule has 0 atom stereocenters. The zero-order chi connectivity index (χ0) is 30.2. The van der Waals surface area contributed by atoms with Crippen molar-refractivity contribution in [2.45, 2.75) is 40.0 Å². The SMILES string of the molecule is Cc1cc(C)n(-c2cc(Oc3ccc4c5ccccc5n(-c5cc(C(C)(C)C)ccn5)c4c3)cc3c2oc2ccccc23)n1. The van der Waals surface area contributed by atoms with Gasteiger partial charge in [0.25, 0.3) is 0 Å². The van der Waals surface area contributed by atoms with Crippen LogP contribution in [0.2, 0.25) is 0 Å². The average molecular weight is 577 g/mol. The van der Waals surface area contributed by atoms with E-state index in [2.05, 4.69) is 99.0 Å². The predicted octanol–water partition coefficient (Wildman–Crippen LogP) is 9.97. The Balaban J connectivity index is 1.32. The van der Waals surface area contributed by atoms with E-state index in [0.717, 1.165) is 67.0 Å². The molecule has 216 valence electrons. The highest BCUT2D eigenvalue weighted by molar-refractivity contribution is 6.10. The second-order valence-electron chi connectivity index (χ2n) is 12.5. The summed E-state index contributed by atoms with van der Waals surface area (Å²) >= 11 is 0. The molecular weight excluding hydrogens is 544 g/mol. The summed E-state index contributed by atoms with van der Waals surface area (Å²) in [6.07, 6.45) is 1.90. The lowest BCUT2D eigenvalue weighted by Gasteiger charge is -2.20. The van der Waals surface area contributed by atoms with E-state index in [1.165, 1.54) is 10.9 Å². The van der Waals surface area contributed by atoms with E-state index in [1.54, 1.807) is 0 Å². The first kappa shape index (κ1) is 26.3. The lowest BCUT2D eigenvalue weighted by molar-refractivity contribution is 0.483. The van der Waals surface area contributed by atoms with Gasteiger partial charge in [-0.1, -0.05) is 57.2 Å². The van der Waals surface area contributed by atoms with Gasteiger partial charge >= 0.3 is 0 Å². The van der Waals surface area contributed by atoms with Gasteiger partial charge in [0.05, 0.1) is 16.7 Å². The van der Waals surface area contributed by atoms with E-state index in [0.29, 0.717) is 5.75 Å². The van der Waals surface area contributed by atoms with Crippen LogP contribution >= 0.6 is 0 Å². The Morgan fingerprint density at radius 2 is 1.48 bits per heavy atom. The first-order valence-corrected chi connectivity index (χ1v) is 14.9. The van der Waals surface area contributed by atoms with Crippen LogP contribution in [0.5, 0.6) is 11.5 Å². The maximum absolute atomic E-state index is 6.67. The molecule has 0 N–H and O–H groups in total. The van der Waals surface area contributed by atoms with E-state index in [9.17, 15) is 0 Å². The van der Waals surface area contributed by atoms with Gasteiger partial charge in [0.15, 0.2) is 5.58 Å². The lowest BCUT2D eigenvalue weighted by Crippen LogP contribution is -2.12. The third-order valence-electron chi connectivity index (χ3n) is 8.39. The fourth-order valence-corrected chi connectivity index (χ4v) is 6.28. The molecule has 0 radical (unpaired) electrons. The van der Waals surface area contributed by atoms with Gasteiger partial charge in [-0.25, -0.2) is 9.67 Å². The van der Waals surface area contributed by atoms with Crippen LogP contribution in [0.1, 0.15) is 37.7 Å². The minimum Gasteiger partial charge on any atom is -0.457 e. The van der Waals surface area contributed by atoms with Crippen LogP contribution in [0.15, 0.2) is 108 Å². The van der Waals surface area contributed by atoms with Crippen molar-refractivity contribution in [2.24, 2.45) is 0 Å². The number of para-hydroxylation sites is 2. The number of aryl methyl sites for hydroxylation is 2. The molecule has 0 aliphatic rings. The van der Waals surface area contributed by atoms with Gasteiger partial charge in [-0.2, -0.15) is 5.10 Å². The molecule has 6 heteroatoms. The minimum atomic E-state index is 0.00377. The van der Waals surface area contributed by atoms with Crippen molar-refractivity contribution in [2.75, 3.05) is 0 Å². The molecule has 6 nitrogen and oxygen atoms in total. The number of hydrogen-bond donors (Lipinski definition) is 0. The Labute approximate surface area is 255 Å². The standard InChI is InChI=1S/C38H32N4O2/c1-23-18-24(2)42(40-23)34-22-27(20-31-30-11-7-9-13-35(30)44-37(31)34)43-26-14-15-29-28-10-6-8-12-32(28)41(33(29)21-26)36-19-25(16-17-39-36)38(3,4)5/h6-22H,1-5H3. The fraction of sp³-hybridized carbons (Fsp3) is 0.158. The normalized spacial score (nSPS) is 12.2. The predicted molar refractivity (Wildman–Crippen MR) is 178 cm³/mol. The van der Waals surface area contributed by atoms with Crippen molar-refractivity contribution >= 4 is 43.7 Å². The Bertz CT molecular complexity index is 2380. The molecule has 44 heavy (non-hydrogen) atoms. The first-order valence-electron chi connectivity index (χ1n) is 14.9. The monoisotopic (exact) mass is 576 g/mol. The summed E-state index contributed by atoms with van der Waals surface area (Å²) < 4.78 is 17.2. The Hall–Kier alpha value is -5.36. The number of hydrogen-bond acceptors (Lipinski definition) is 4. The topological polar surface area (TPSA) is 58.0 Å². The van der Waals surface area contributed by atoms with Crippen LogP contribution in [0.3, 0.4) is 0 Å². The molecule has 4 aromatic carbocycles. The number of ether oxygens (including phenoxy) is 1. The van der Waals surface area contributed by atoms with Gasteiger partial charge in [-0.3, -0.25) is 4.57 Å². The lowest BCUT2D eigenvalue weighted by atomic mass is 9.88. The summed E-state index contributed by atoms with van der Waals surface area (Å²) in [6, 6.07) is 33.3. The van der Waals surface area contributed by atoms with Crippen molar-refractivity contribution in [3.05, 3.63) is 120 Å². The molecule has 0 amide bonds. The van der Waals surface area contributed by atoms with Crippen molar-refractivity contribution in [1.82, 2.24) is 19.3 Å². The summed E-state index contributed by atoms with van der Waals surface area (Å²) in [5.41, 5.74) is 7.81. The summed E-state index contributed by atoms with van der Waals surface area (Å²) in [7, 11) is 0. The van der Waals surface area contributed by atoms with E-state index in [4.69, 9.17) is 19.2 Å². The fourth-order valence-electron chi connectivity index (χ4n) is 6.28. The Morgan fingerprint density at radius 3 is 2.27 bits per heavy atom. The van der Waals surface area contributed by atoms with Crippen molar-refractivity contribution in [3.63, 3.8) is 0 Å². The third-order valence-corrected chi connectivity index (χ3v) is 8.39.